The number of rotatable bonds is 6. The first-order valence-electron chi connectivity index (χ1n) is 3.81. The molecule has 0 saturated carbocycles. The molecule has 0 radical (unpaired) electrons. The second kappa shape index (κ2) is 6.04. The van der Waals surface area contributed by atoms with E-state index in [0.29, 0.717) is 12.8 Å². The molecule has 0 aliphatic rings. The molecule has 0 atom stereocenters. The Morgan fingerprint density at radius 1 is 1.00 bits per heavy atom. The van der Waals surface area contributed by atoms with E-state index in [2.05, 4.69) is 0 Å². The van der Waals surface area contributed by atoms with E-state index in [9.17, 15) is 9.59 Å². The van der Waals surface area contributed by atoms with E-state index in [0.717, 1.165) is 0 Å². The van der Waals surface area contributed by atoms with Crippen LogP contribution in [0.3, 0.4) is 0 Å². The number of hydrogen-bond acceptors (Lipinski definition) is 3. The average Bonchev–Trinajstić information content (AvgIpc) is 2.04. The standard InChI is InChI=1S/C8H14O3/c1-3-7(9)5-11-6-8(10)4-2/h3-6H2,1-2H3. The van der Waals surface area contributed by atoms with Crippen LogP contribution in [-0.2, 0) is 14.3 Å². The smallest absolute Gasteiger partial charge is 0.158 e. The summed E-state index contributed by atoms with van der Waals surface area (Å²) in [6, 6.07) is 0. The molecule has 0 saturated heterocycles. The zero-order valence-corrected chi connectivity index (χ0v) is 7.05. The Morgan fingerprint density at radius 2 is 1.36 bits per heavy atom. The molecule has 11 heavy (non-hydrogen) atoms. The van der Waals surface area contributed by atoms with E-state index >= 15 is 0 Å². The molecular weight excluding hydrogens is 144 g/mol. The van der Waals surface area contributed by atoms with Crippen LogP contribution in [0.25, 0.3) is 0 Å². The van der Waals surface area contributed by atoms with E-state index < -0.39 is 0 Å². The highest BCUT2D eigenvalue weighted by molar-refractivity contribution is 5.81. The maximum absolute atomic E-state index is 10.6. The molecule has 0 aromatic heterocycles. The van der Waals surface area contributed by atoms with Crippen LogP contribution >= 0.6 is 0 Å². The van der Waals surface area contributed by atoms with Gasteiger partial charge in [-0.1, -0.05) is 13.8 Å². The first kappa shape index (κ1) is 10.3. The average molecular weight is 158 g/mol. The van der Waals surface area contributed by atoms with E-state index in [4.69, 9.17) is 4.74 Å². The molecule has 64 valence electrons. The second-order valence-electron chi connectivity index (χ2n) is 2.28. The van der Waals surface area contributed by atoms with Crippen molar-refractivity contribution in [2.75, 3.05) is 13.2 Å². The van der Waals surface area contributed by atoms with Crippen molar-refractivity contribution in [1.29, 1.82) is 0 Å². The van der Waals surface area contributed by atoms with E-state index in [-0.39, 0.29) is 24.8 Å². The van der Waals surface area contributed by atoms with Crippen molar-refractivity contribution in [1.82, 2.24) is 0 Å². The molecule has 0 aliphatic heterocycles. The lowest BCUT2D eigenvalue weighted by Gasteiger charge is -1.98. The quantitative estimate of drug-likeness (QED) is 0.578. The van der Waals surface area contributed by atoms with Gasteiger partial charge in [-0.25, -0.2) is 0 Å². The van der Waals surface area contributed by atoms with Crippen molar-refractivity contribution in [2.24, 2.45) is 0 Å². The third kappa shape index (κ3) is 5.73. The Morgan fingerprint density at radius 3 is 1.64 bits per heavy atom. The molecule has 0 heterocycles. The summed E-state index contributed by atoms with van der Waals surface area (Å²) in [7, 11) is 0. The molecule has 3 heteroatoms. The summed E-state index contributed by atoms with van der Waals surface area (Å²) in [5, 5.41) is 0. The molecule has 0 fully saturated rings. The molecule has 0 N–H and O–H groups in total. The fraction of sp³-hybridized carbons (Fsp3) is 0.750. The summed E-state index contributed by atoms with van der Waals surface area (Å²) in [6.07, 6.45) is 0.945. The normalized spacial score (nSPS) is 9.64. The minimum absolute atomic E-state index is 0.0360. The zero-order valence-electron chi connectivity index (χ0n) is 7.05. The van der Waals surface area contributed by atoms with Gasteiger partial charge in [-0.3, -0.25) is 9.59 Å². The highest BCUT2D eigenvalue weighted by atomic mass is 16.5. The number of ether oxygens (including phenoxy) is 1. The summed E-state index contributed by atoms with van der Waals surface area (Å²) >= 11 is 0. The van der Waals surface area contributed by atoms with Gasteiger partial charge < -0.3 is 4.74 Å². The van der Waals surface area contributed by atoms with Crippen molar-refractivity contribution in [3.05, 3.63) is 0 Å². The van der Waals surface area contributed by atoms with Crippen LogP contribution in [-0.4, -0.2) is 24.8 Å². The Bertz CT molecular complexity index is 124. The van der Waals surface area contributed by atoms with Crippen molar-refractivity contribution in [3.8, 4) is 0 Å². The molecule has 3 nitrogen and oxygen atoms in total. The third-order valence-electron chi connectivity index (χ3n) is 1.31. The molecule has 0 rings (SSSR count). The third-order valence-corrected chi connectivity index (χ3v) is 1.31. The maximum Gasteiger partial charge on any atom is 0.158 e. The summed E-state index contributed by atoms with van der Waals surface area (Å²) in [4.78, 5) is 21.3. The van der Waals surface area contributed by atoms with Crippen molar-refractivity contribution in [2.45, 2.75) is 26.7 Å². The lowest BCUT2D eigenvalue weighted by molar-refractivity contribution is -0.128. The number of carbonyl (C=O) groups excluding carboxylic acids is 2. The first-order valence-corrected chi connectivity index (χ1v) is 3.81. The van der Waals surface area contributed by atoms with Crippen LogP contribution in [0.2, 0.25) is 0 Å². The second-order valence-corrected chi connectivity index (χ2v) is 2.28. The molecule has 0 spiro atoms. The van der Waals surface area contributed by atoms with Crippen LogP contribution < -0.4 is 0 Å². The topological polar surface area (TPSA) is 43.4 Å². The SMILES string of the molecule is CCC(=O)COCC(=O)CC. The van der Waals surface area contributed by atoms with Crippen LogP contribution in [0.1, 0.15) is 26.7 Å². The Hall–Kier alpha value is -0.700. The van der Waals surface area contributed by atoms with Gasteiger partial charge in [0.15, 0.2) is 11.6 Å². The van der Waals surface area contributed by atoms with Gasteiger partial charge in [-0.15, -0.1) is 0 Å². The number of hydrogen-bond donors (Lipinski definition) is 0. The lowest BCUT2D eigenvalue weighted by Crippen LogP contribution is -2.13. The molecule has 0 bridgehead atoms. The van der Waals surface area contributed by atoms with Gasteiger partial charge in [0.05, 0.1) is 0 Å². The number of carbonyl (C=O) groups is 2. The molecule has 0 unspecified atom stereocenters. The van der Waals surface area contributed by atoms with Gasteiger partial charge in [-0.2, -0.15) is 0 Å². The van der Waals surface area contributed by atoms with Crippen molar-refractivity contribution in [3.63, 3.8) is 0 Å². The summed E-state index contributed by atoms with van der Waals surface area (Å²) < 4.78 is 4.84. The van der Waals surface area contributed by atoms with Gasteiger partial charge in [-0.05, 0) is 0 Å². The summed E-state index contributed by atoms with van der Waals surface area (Å²) in [5.41, 5.74) is 0. The Kier molecular flexibility index (Phi) is 5.65. The van der Waals surface area contributed by atoms with Crippen molar-refractivity contribution < 1.29 is 14.3 Å². The zero-order chi connectivity index (χ0) is 8.69. The summed E-state index contributed by atoms with van der Waals surface area (Å²) in [5.74, 6) is 0.0720. The molecule has 0 aromatic carbocycles. The Balaban J connectivity index is 3.27. The van der Waals surface area contributed by atoms with Gasteiger partial charge in [0.2, 0.25) is 0 Å². The first-order chi connectivity index (χ1) is 5.20. The predicted molar refractivity (Wildman–Crippen MR) is 41.4 cm³/mol. The number of Topliss-reactive ketones (excluding diaryl/α,β-unsaturated/α-hetero) is 2. The van der Waals surface area contributed by atoms with E-state index in [1.54, 1.807) is 13.8 Å². The van der Waals surface area contributed by atoms with Gasteiger partial charge in [0.1, 0.15) is 13.2 Å². The van der Waals surface area contributed by atoms with Gasteiger partial charge >= 0.3 is 0 Å². The van der Waals surface area contributed by atoms with Crippen LogP contribution in [0.4, 0.5) is 0 Å². The molecule has 0 aliphatic carbocycles. The largest absolute Gasteiger partial charge is 0.366 e. The van der Waals surface area contributed by atoms with E-state index in [1.807, 2.05) is 0 Å². The van der Waals surface area contributed by atoms with Crippen molar-refractivity contribution >= 4 is 11.6 Å². The maximum atomic E-state index is 10.6. The molecular formula is C8H14O3. The minimum Gasteiger partial charge on any atom is -0.366 e. The fourth-order valence-corrected chi connectivity index (χ4v) is 0.483. The number of ketones is 2. The van der Waals surface area contributed by atoms with E-state index in [1.165, 1.54) is 0 Å². The monoisotopic (exact) mass is 158 g/mol. The van der Waals surface area contributed by atoms with Gasteiger partial charge in [0, 0.05) is 12.8 Å². The Labute approximate surface area is 66.7 Å². The van der Waals surface area contributed by atoms with Crippen LogP contribution in [0, 0.1) is 0 Å². The van der Waals surface area contributed by atoms with Crippen LogP contribution in [0.5, 0.6) is 0 Å². The molecule has 0 aromatic rings. The lowest BCUT2D eigenvalue weighted by atomic mass is 10.3. The minimum atomic E-state index is 0.0360. The highest BCUT2D eigenvalue weighted by Crippen LogP contribution is 1.86. The van der Waals surface area contributed by atoms with Gasteiger partial charge in [0.25, 0.3) is 0 Å². The fourth-order valence-electron chi connectivity index (χ4n) is 0.483. The predicted octanol–water partition coefficient (Wildman–Crippen LogP) is 0.961. The summed E-state index contributed by atoms with van der Waals surface area (Å²) in [6.45, 7) is 3.69. The molecule has 0 amide bonds. The van der Waals surface area contributed by atoms with Crippen LogP contribution in [0.15, 0.2) is 0 Å². The highest BCUT2D eigenvalue weighted by Gasteiger charge is 2.00.